The van der Waals surface area contributed by atoms with Crippen LogP contribution in [-0.4, -0.2) is 37.7 Å². The van der Waals surface area contributed by atoms with Crippen LogP contribution in [0.5, 0.6) is 5.75 Å². The number of nitriles is 1. The summed E-state index contributed by atoms with van der Waals surface area (Å²) in [5.41, 5.74) is 1.73. The van der Waals surface area contributed by atoms with Gasteiger partial charge in [-0.25, -0.2) is 0 Å². The number of rotatable bonds is 3. The van der Waals surface area contributed by atoms with Crippen molar-refractivity contribution in [3.63, 3.8) is 0 Å². The van der Waals surface area contributed by atoms with E-state index in [1.807, 2.05) is 0 Å². The van der Waals surface area contributed by atoms with E-state index >= 15 is 0 Å². The van der Waals surface area contributed by atoms with Crippen molar-refractivity contribution in [3.05, 3.63) is 33.9 Å². The van der Waals surface area contributed by atoms with E-state index < -0.39 is 5.97 Å². The van der Waals surface area contributed by atoms with Crippen LogP contribution >= 0.6 is 0 Å². The van der Waals surface area contributed by atoms with Crippen LogP contribution in [-0.2, 0) is 0 Å². The van der Waals surface area contributed by atoms with Crippen LogP contribution in [0.15, 0.2) is 18.2 Å². The number of aromatic nitrogens is 1. The fourth-order valence-electron chi connectivity index (χ4n) is 1.65. The van der Waals surface area contributed by atoms with E-state index in [1.165, 1.54) is 7.11 Å². The van der Waals surface area contributed by atoms with Gasteiger partial charge in [-0.1, -0.05) is 0 Å². The SMILES string of the molecule is COc1ccc(-c2nc(C)c(C(=O)O)[se]2)cc1C#N. The monoisotopic (exact) mass is 322 g/mol. The van der Waals surface area contributed by atoms with Gasteiger partial charge >= 0.3 is 115 Å². The van der Waals surface area contributed by atoms with Crippen LogP contribution < -0.4 is 4.74 Å². The molecule has 1 N–H and O–H groups in total. The van der Waals surface area contributed by atoms with Gasteiger partial charge in [-0.15, -0.1) is 0 Å². The number of aromatic carboxylic acids is 1. The van der Waals surface area contributed by atoms with Crippen LogP contribution in [0, 0.1) is 18.3 Å². The molecule has 1 aromatic carbocycles. The molecule has 0 radical (unpaired) electrons. The number of hydrogen-bond acceptors (Lipinski definition) is 4. The van der Waals surface area contributed by atoms with Gasteiger partial charge in [0, 0.05) is 0 Å². The summed E-state index contributed by atoms with van der Waals surface area (Å²) in [5, 5.41) is 18.1. The predicted octanol–water partition coefficient (Wildman–Crippen LogP) is 1.69. The molecule has 0 aliphatic heterocycles. The molecule has 6 heteroatoms. The summed E-state index contributed by atoms with van der Waals surface area (Å²) in [7, 11) is 1.50. The molecule has 2 aromatic rings. The minimum atomic E-state index is -0.926. The molecule has 0 amide bonds. The Hall–Kier alpha value is -2.09. The van der Waals surface area contributed by atoms with Gasteiger partial charge < -0.3 is 0 Å². The number of methoxy groups -OCH3 is 1. The van der Waals surface area contributed by atoms with Crippen molar-refractivity contribution < 1.29 is 14.6 Å². The zero-order valence-electron chi connectivity index (χ0n) is 10.3. The number of nitrogens with zero attached hydrogens (tertiary/aromatic N) is 2. The molecule has 0 fully saturated rings. The first-order valence-corrected chi connectivity index (χ1v) is 7.07. The van der Waals surface area contributed by atoms with E-state index in [2.05, 4.69) is 11.1 Å². The fourth-order valence-corrected chi connectivity index (χ4v) is 3.54. The fraction of sp³-hybridized carbons (Fsp3) is 0.154. The van der Waals surface area contributed by atoms with Crippen molar-refractivity contribution in [3.8, 4) is 22.0 Å². The molecule has 0 atom stereocenters. The van der Waals surface area contributed by atoms with Crippen molar-refractivity contribution in [1.29, 1.82) is 5.26 Å². The maximum absolute atomic E-state index is 11.0. The summed E-state index contributed by atoms with van der Waals surface area (Å²) in [4.78, 5) is 15.3. The van der Waals surface area contributed by atoms with Gasteiger partial charge in [-0.05, 0) is 0 Å². The molecule has 5 nitrogen and oxygen atoms in total. The Bertz CT molecular complexity index is 686. The summed E-state index contributed by atoms with van der Waals surface area (Å²) in [5.74, 6) is -0.425. The van der Waals surface area contributed by atoms with Crippen LogP contribution in [0.4, 0.5) is 0 Å². The van der Waals surface area contributed by atoms with Crippen molar-refractivity contribution in [2.75, 3.05) is 7.11 Å². The van der Waals surface area contributed by atoms with Crippen molar-refractivity contribution in [2.45, 2.75) is 6.92 Å². The van der Waals surface area contributed by atoms with Gasteiger partial charge in [0.05, 0.1) is 0 Å². The van der Waals surface area contributed by atoms with E-state index in [4.69, 9.17) is 15.1 Å². The van der Waals surface area contributed by atoms with Gasteiger partial charge in [0.25, 0.3) is 0 Å². The first kappa shape index (κ1) is 13.3. The summed E-state index contributed by atoms with van der Waals surface area (Å²) in [6, 6.07) is 7.22. The van der Waals surface area contributed by atoms with Crippen molar-refractivity contribution in [2.24, 2.45) is 0 Å². The molecule has 0 bridgehead atoms. The van der Waals surface area contributed by atoms with Crippen molar-refractivity contribution in [1.82, 2.24) is 4.98 Å². The zero-order chi connectivity index (χ0) is 14.0. The van der Waals surface area contributed by atoms with Gasteiger partial charge in [0.15, 0.2) is 0 Å². The second-order valence-electron chi connectivity index (χ2n) is 3.77. The van der Waals surface area contributed by atoms with E-state index in [-0.39, 0.29) is 14.5 Å². The maximum atomic E-state index is 11.0. The topological polar surface area (TPSA) is 83.2 Å². The first-order valence-electron chi connectivity index (χ1n) is 5.36. The number of carboxylic acids is 1. The van der Waals surface area contributed by atoms with Gasteiger partial charge in [0.1, 0.15) is 0 Å². The Morgan fingerprint density at radius 3 is 2.79 bits per heavy atom. The first-order chi connectivity index (χ1) is 9.06. The van der Waals surface area contributed by atoms with E-state index in [0.717, 1.165) is 10.1 Å². The second kappa shape index (κ2) is 5.27. The van der Waals surface area contributed by atoms with Crippen LogP contribution in [0.2, 0.25) is 0 Å². The number of hydrogen-bond donors (Lipinski definition) is 1. The molecule has 0 saturated carbocycles. The number of aryl methyl sites for hydroxylation is 1. The second-order valence-corrected chi connectivity index (χ2v) is 5.86. The quantitative estimate of drug-likeness (QED) is 0.870. The summed E-state index contributed by atoms with van der Waals surface area (Å²) in [6.45, 7) is 1.69. The number of carboxylic acid groups (broad SMARTS) is 1. The molecule has 1 heterocycles. The number of benzene rings is 1. The standard InChI is InChI=1S/C13H10N2O3Se/c1-7-11(13(16)17)19-12(15-7)8-3-4-10(18-2)9(5-8)6-14/h3-5H,1-2H3,(H,16,17). The Kier molecular flexibility index (Phi) is 3.70. The third kappa shape index (κ3) is 2.53. The van der Waals surface area contributed by atoms with Gasteiger partial charge in [0.2, 0.25) is 0 Å². The Labute approximate surface area is 115 Å². The average Bonchev–Trinajstić information content (AvgIpc) is 2.80. The van der Waals surface area contributed by atoms with E-state index in [9.17, 15) is 4.79 Å². The molecule has 1 aromatic heterocycles. The molecule has 0 spiro atoms. The molecule has 0 saturated heterocycles. The summed E-state index contributed by atoms with van der Waals surface area (Å²) < 4.78 is 6.15. The van der Waals surface area contributed by atoms with Gasteiger partial charge in [-0.2, -0.15) is 0 Å². The number of ether oxygens (including phenoxy) is 1. The van der Waals surface area contributed by atoms with E-state index in [0.29, 0.717) is 21.4 Å². The molecule has 0 aliphatic carbocycles. The molecular formula is C13H10N2O3Se. The van der Waals surface area contributed by atoms with E-state index in [1.54, 1.807) is 25.1 Å². The summed E-state index contributed by atoms with van der Waals surface area (Å²) in [6.07, 6.45) is 0. The molecule has 19 heavy (non-hydrogen) atoms. The number of carbonyl (C=O) groups is 1. The van der Waals surface area contributed by atoms with Crippen LogP contribution in [0.1, 0.15) is 20.5 Å². The Balaban J connectivity index is 2.51. The normalized spacial score (nSPS) is 9.95. The Morgan fingerprint density at radius 1 is 1.53 bits per heavy atom. The minimum absolute atomic E-state index is 0.336. The third-order valence-corrected chi connectivity index (χ3v) is 5.06. The third-order valence-electron chi connectivity index (χ3n) is 2.56. The summed E-state index contributed by atoms with van der Waals surface area (Å²) >= 11 is -0.336. The Morgan fingerprint density at radius 2 is 2.26 bits per heavy atom. The van der Waals surface area contributed by atoms with Crippen molar-refractivity contribution >= 4 is 20.5 Å². The zero-order valence-corrected chi connectivity index (χ0v) is 12.0. The van der Waals surface area contributed by atoms with Crippen LogP contribution in [0.25, 0.3) is 10.1 Å². The molecule has 0 aliphatic rings. The predicted molar refractivity (Wildman–Crippen MR) is 69.6 cm³/mol. The molecule has 2 rings (SSSR count). The van der Waals surface area contributed by atoms with Crippen LogP contribution in [0.3, 0.4) is 0 Å². The molecular weight excluding hydrogens is 311 g/mol. The molecule has 96 valence electrons. The molecule has 0 unspecified atom stereocenters. The van der Waals surface area contributed by atoms with Gasteiger partial charge in [-0.3, -0.25) is 0 Å². The average molecular weight is 321 g/mol.